The Bertz CT molecular complexity index is 500. The van der Waals surface area contributed by atoms with E-state index in [-0.39, 0.29) is 25.1 Å². The number of carbonyl (C=O) groups excluding carboxylic acids is 2. The average molecular weight is 347 g/mol. The molecule has 3 N–H and O–H groups in total. The zero-order chi connectivity index (χ0) is 15.1. The minimum Gasteiger partial charge on any atom is -0.480 e. The number of carboxylic acid groups (broad SMARTS) is 1. The average Bonchev–Trinajstić information content (AvgIpc) is 2.81. The lowest BCUT2D eigenvalue weighted by molar-refractivity contribution is -0.144. The third kappa shape index (κ3) is 5.04. The van der Waals surface area contributed by atoms with Crippen LogP contribution in [0.1, 0.15) is 30.3 Å². The van der Waals surface area contributed by atoms with Crippen LogP contribution in [0.2, 0.25) is 0 Å². The van der Waals surface area contributed by atoms with Crippen molar-refractivity contribution in [3.63, 3.8) is 0 Å². The van der Waals surface area contributed by atoms with Crippen LogP contribution in [0.5, 0.6) is 0 Å². The second kappa shape index (κ2) is 7.68. The van der Waals surface area contributed by atoms with Crippen molar-refractivity contribution in [1.82, 2.24) is 10.3 Å². The van der Waals surface area contributed by atoms with Gasteiger partial charge >= 0.3 is 11.9 Å². The van der Waals surface area contributed by atoms with Gasteiger partial charge in [-0.15, -0.1) is 0 Å². The SMILES string of the molecule is CCOC(=O)CC[C@H](NC(=O)c1cc(Br)c[nH]1)C(=O)O. The zero-order valence-electron chi connectivity index (χ0n) is 10.8. The van der Waals surface area contributed by atoms with E-state index in [9.17, 15) is 14.4 Å². The maximum absolute atomic E-state index is 11.8. The highest BCUT2D eigenvalue weighted by Crippen LogP contribution is 2.11. The van der Waals surface area contributed by atoms with Crippen molar-refractivity contribution in [1.29, 1.82) is 0 Å². The van der Waals surface area contributed by atoms with Gasteiger partial charge in [-0.1, -0.05) is 0 Å². The molecular formula is C12H15BrN2O5. The first-order valence-electron chi connectivity index (χ1n) is 5.97. The summed E-state index contributed by atoms with van der Waals surface area (Å²) in [5.74, 6) is -2.24. The van der Waals surface area contributed by atoms with Gasteiger partial charge in [0, 0.05) is 17.1 Å². The number of carboxylic acids is 1. The molecule has 0 fully saturated rings. The van der Waals surface area contributed by atoms with E-state index in [0.29, 0.717) is 4.47 Å². The van der Waals surface area contributed by atoms with Gasteiger partial charge in [-0.05, 0) is 35.3 Å². The lowest BCUT2D eigenvalue weighted by Crippen LogP contribution is -2.41. The predicted octanol–water partition coefficient (Wildman–Crippen LogP) is 1.30. The number of ether oxygens (including phenoxy) is 1. The lowest BCUT2D eigenvalue weighted by atomic mass is 10.1. The van der Waals surface area contributed by atoms with E-state index in [1.807, 2.05) is 0 Å². The van der Waals surface area contributed by atoms with Crippen molar-refractivity contribution in [3.05, 3.63) is 22.4 Å². The van der Waals surface area contributed by atoms with Crippen LogP contribution in [0.3, 0.4) is 0 Å². The molecule has 7 nitrogen and oxygen atoms in total. The Hall–Kier alpha value is -1.83. The Morgan fingerprint density at radius 3 is 2.70 bits per heavy atom. The van der Waals surface area contributed by atoms with Gasteiger partial charge in [0.15, 0.2) is 0 Å². The number of aromatic nitrogens is 1. The summed E-state index contributed by atoms with van der Waals surface area (Å²) in [6, 6.07) is 0.383. The monoisotopic (exact) mass is 346 g/mol. The fourth-order valence-corrected chi connectivity index (χ4v) is 1.83. The Labute approximate surface area is 123 Å². The van der Waals surface area contributed by atoms with Crippen LogP contribution in [0.15, 0.2) is 16.7 Å². The van der Waals surface area contributed by atoms with Gasteiger partial charge in [0.25, 0.3) is 5.91 Å². The van der Waals surface area contributed by atoms with E-state index < -0.39 is 23.9 Å². The quantitative estimate of drug-likeness (QED) is 0.645. The molecule has 0 aromatic carbocycles. The summed E-state index contributed by atoms with van der Waals surface area (Å²) >= 11 is 3.17. The number of aliphatic carboxylic acids is 1. The molecule has 0 aliphatic carbocycles. The fourth-order valence-electron chi connectivity index (χ4n) is 1.49. The van der Waals surface area contributed by atoms with Crippen LogP contribution < -0.4 is 5.32 Å². The van der Waals surface area contributed by atoms with Gasteiger partial charge in [-0.25, -0.2) is 4.79 Å². The van der Waals surface area contributed by atoms with E-state index in [4.69, 9.17) is 9.84 Å². The number of hydrogen-bond donors (Lipinski definition) is 3. The maximum Gasteiger partial charge on any atom is 0.326 e. The molecule has 1 aromatic rings. The van der Waals surface area contributed by atoms with Gasteiger partial charge < -0.3 is 20.1 Å². The Morgan fingerprint density at radius 1 is 1.50 bits per heavy atom. The molecule has 0 bridgehead atoms. The number of nitrogens with one attached hydrogen (secondary N) is 2. The van der Waals surface area contributed by atoms with Crippen LogP contribution in [0.25, 0.3) is 0 Å². The molecule has 0 spiro atoms. The van der Waals surface area contributed by atoms with Crippen molar-refractivity contribution in [2.75, 3.05) is 6.61 Å². The molecule has 1 aromatic heterocycles. The number of rotatable bonds is 7. The van der Waals surface area contributed by atoms with Gasteiger partial charge in [0.1, 0.15) is 11.7 Å². The maximum atomic E-state index is 11.8. The van der Waals surface area contributed by atoms with Gasteiger partial charge in [0.05, 0.1) is 6.61 Å². The first kappa shape index (κ1) is 16.2. The molecule has 1 heterocycles. The smallest absolute Gasteiger partial charge is 0.326 e. The van der Waals surface area contributed by atoms with Crippen molar-refractivity contribution in [2.45, 2.75) is 25.8 Å². The summed E-state index contributed by atoms with van der Waals surface area (Å²) in [6.45, 7) is 1.90. The van der Waals surface area contributed by atoms with E-state index in [2.05, 4.69) is 26.2 Å². The molecule has 20 heavy (non-hydrogen) atoms. The molecule has 110 valence electrons. The molecule has 0 unspecified atom stereocenters. The third-order valence-electron chi connectivity index (χ3n) is 2.44. The summed E-state index contributed by atoms with van der Waals surface area (Å²) < 4.78 is 5.39. The fraction of sp³-hybridized carbons (Fsp3) is 0.417. The number of aromatic amines is 1. The van der Waals surface area contributed by atoms with Crippen molar-refractivity contribution in [3.8, 4) is 0 Å². The van der Waals surface area contributed by atoms with Crippen molar-refractivity contribution >= 4 is 33.8 Å². The number of amides is 1. The molecule has 0 aliphatic rings. The molecule has 1 atom stereocenters. The largest absolute Gasteiger partial charge is 0.480 e. The van der Waals surface area contributed by atoms with Crippen LogP contribution in [-0.4, -0.2) is 40.6 Å². The normalized spacial score (nSPS) is 11.7. The van der Waals surface area contributed by atoms with E-state index >= 15 is 0 Å². The molecule has 1 amide bonds. The zero-order valence-corrected chi connectivity index (χ0v) is 12.4. The van der Waals surface area contributed by atoms with E-state index in [0.717, 1.165) is 0 Å². The van der Waals surface area contributed by atoms with E-state index in [1.165, 1.54) is 6.07 Å². The minimum atomic E-state index is -1.20. The number of esters is 1. The van der Waals surface area contributed by atoms with Gasteiger partial charge in [-0.2, -0.15) is 0 Å². The summed E-state index contributed by atoms with van der Waals surface area (Å²) in [7, 11) is 0. The third-order valence-corrected chi connectivity index (χ3v) is 2.90. The van der Waals surface area contributed by atoms with Crippen molar-refractivity contribution < 1.29 is 24.2 Å². The lowest BCUT2D eigenvalue weighted by Gasteiger charge is -2.13. The Balaban J connectivity index is 2.57. The summed E-state index contributed by atoms with van der Waals surface area (Å²) in [4.78, 5) is 36.7. The molecule has 0 saturated heterocycles. The van der Waals surface area contributed by atoms with Crippen LogP contribution in [-0.2, 0) is 14.3 Å². The van der Waals surface area contributed by atoms with Crippen LogP contribution >= 0.6 is 15.9 Å². The highest BCUT2D eigenvalue weighted by molar-refractivity contribution is 9.10. The molecular weight excluding hydrogens is 332 g/mol. The molecule has 1 rings (SSSR count). The standard InChI is InChI=1S/C12H15BrN2O5/c1-2-20-10(16)4-3-8(12(18)19)15-11(17)9-5-7(13)6-14-9/h5-6,8,14H,2-4H2,1H3,(H,15,17)(H,18,19)/t8-/m0/s1. The number of carbonyl (C=O) groups is 3. The van der Waals surface area contributed by atoms with Gasteiger partial charge in [0.2, 0.25) is 0 Å². The molecule has 0 radical (unpaired) electrons. The summed E-state index contributed by atoms with van der Waals surface area (Å²) in [5.41, 5.74) is 0.235. The highest BCUT2D eigenvalue weighted by Gasteiger charge is 2.22. The second-order valence-corrected chi connectivity index (χ2v) is 4.86. The van der Waals surface area contributed by atoms with E-state index in [1.54, 1.807) is 13.1 Å². The Kier molecular flexibility index (Phi) is 6.23. The van der Waals surface area contributed by atoms with Crippen LogP contribution in [0, 0.1) is 0 Å². The number of hydrogen-bond acceptors (Lipinski definition) is 4. The first-order chi connectivity index (χ1) is 9.43. The summed E-state index contributed by atoms with van der Waals surface area (Å²) in [6.07, 6.45) is 1.46. The highest BCUT2D eigenvalue weighted by atomic mass is 79.9. The molecule has 0 saturated carbocycles. The summed E-state index contributed by atoms with van der Waals surface area (Å²) in [5, 5.41) is 11.4. The molecule has 8 heteroatoms. The Morgan fingerprint density at radius 2 is 2.20 bits per heavy atom. The molecule has 0 aliphatic heterocycles. The second-order valence-electron chi connectivity index (χ2n) is 3.94. The minimum absolute atomic E-state index is 0.0260. The topological polar surface area (TPSA) is 108 Å². The number of halogens is 1. The van der Waals surface area contributed by atoms with Crippen molar-refractivity contribution in [2.24, 2.45) is 0 Å². The number of H-pyrrole nitrogens is 1. The van der Waals surface area contributed by atoms with Crippen LogP contribution in [0.4, 0.5) is 0 Å². The van der Waals surface area contributed by atoms with Gasteiger partial charge in [-0.3, -0.25) is 9.59 Å². The first-order valence-corrected chi connectivity index (χ1v) is 6.76. The predicted molar refractivity (Wildman–Crippen MR) is 73.2 cm³/mol.